The zero-order chi connectivity index (χ0) is 22.2. The van der Waals surface area contributed by atoms with E-state index in [-0.39, 0.29) is 6.42 Å². The SMILES string of the molecule is O=C(Oc1ccccc1)C1(C(=O)Oc2ccccc2)C=CC(/C=C/c2ccccc2)=CC1. The van der Waals surface area contributed by atoms with Gasteiger partial charge in [-0.1, -0.05) is 97.1 Å². The third-order valence-electron chi connectivity index (χ3n) is 5.12. The molecule has 0 amide bonds. The average Bonchev–Trinajstić information content (AvgIpc) is 2.85. The van der Waals surface area contributed by atoms with Crippen molar-refractivity contribution >= 4 is 18.0 Å². The fourth-order valence-corrected chi connectivity index (χ4v) is 3.29. The minimum Gasteiger partial charge on any atom is -0.425 e. The summed E-state index contributed by atoms with van der Waals surface area (Å²) in [5, 5.41) is 0. The highest BCUT2D eigenvalue weighted by Gasteiger charge is 2.47. The predicted octanol–water partition coefficient (Wildman–Crippen LogP) is 5.78. The van der Waals surface area contributed by atoms with E-state index < -0.39 is 17.4 Å². The maximum absolute atomic E-state index is 13.2. The Labute approximate surface area is 187 Å². The molecule has 4 nitrogen and oxygen atoms in total. The van der Waals surface area contributed by atoms with Crippen molar-refractivity contribution in [3.8, 4) is 11.5 Å². The summed E-state index contributed by atoms with van der Waals surface area (Å²) in [4.78, 5) is 26.4. The lowest BCUT2D eigenvalue weighted by atomic mass is 9.79. The van der Waals surface area contributed by atoms with Gasteiger partial charge in [-0.3, -0.25) is 9.59 Å². The molecule has 0 N–H and O–H groups in total. The van der Waals surface area contributed by atoms with Crippen LogP contribution < -0.4 is 9.47 Å². The quantitative estimate of drug-likeness (QED) is 0.287. The molecule has 3 aromatic rings. The Kier molecular flexibility index (Phi) is 6.42. The summed E-state index contributed by atoms with van der Waals surface area (Å²) in [6.45, 7) is 0. The molecule has 0 spiro atoms. The minimum absolute atomic E-state index is 0.134. The van der Waals surface area contributed by atoms with E-state index in [9.17, 15) is 9.59 Å². The Morgan fingerprint density at radius 2 is 1.19 bits per heavy atom. The first-order valence-electron chi connectivity index (χ1n) is 10.3. The van der Waals surface area contributed by atoms with Crippen molar-refractivity contribution in [2.24, 2.45) is 5.41 Å². The van der Waals surface area contributed by atoms with E-state index in [0.717, 1.165) is 11.1 Å². The molecule has 0 radical (unpaired) electrons. The number of carbonyl (C=O) groups excluding carboxylic acids is 2. The molecule has 0 heterocycles. The van der Waals surface area contributed by atoms with Crippen LogP contribution in [0.3, 0.4) is 0 Å². The smallest absolute Gasteiger partial charge is 0.333 e. The van der Waals surface area contributed by atoms with Gasteiger partial charge in [-0.2, -0.15) is 0 Å². The van der Waals surface area contributed by atoms with Crippen molar-refractivity contribution in [1.29, 1.82) is 0 Å². The van der Waals surface area contributed by atoms with Crippen molar-refractivity contribution in [2.75, 3.05) is 0 Å². The molecule has 1 aliphatic rings. The topological polar surface area (TPSA) is 52.6 Å². The minimum atomic E-state index is -1.57. The van der Waals surface area contributed by atoms with Crippen molar-refractivity contribution in [3.05, 3.63) is 126 Å². The summed E-state index contributed by atoms with van der Waals surface area (Å²) in [7, 11) is 0. The number of para-hydroxylation sites is 2. The fraction of sp³-hybridized carbons (Fsp3) is 0.0714. The van der Waals surface area contributed by atoms with Crippen LogP contribution in [0.15, 0.2) is 121 Å². The third kappa shape index (κ3) is 4.93. The van der Waals surface area contributed by atoms with Gasteiger partial charge in [0.05, 0.1) is 0 Å². The Balaban J connectivity index is 1.58. The van der Waals surface area contributed by atoms with E-state index in [0.29, 0.717) is 11.5 Å². The average molecular weight is 422 g/mol. The Morgan fingerprint density at radius 1 is 0.688 bits per heavy atom. The highest BCUT2D eigenvalue weighted by molar-refractivity contribution is 6.04. The van der Waals surface area contributed by atoms with Crippen LogP contribution in [0.2, 0.25) is 0 Å². The van der Waals surface area contributed by atoms with E-state index >= 15 is 0 Å². The highest BCUT2D eigenvalue weighted by Crippen LogP contribution is 2.34. The van der Waals surface area contributed by atoms with Gasteiger partial charge >= 0.3 is 11.9 Å². The molecule has 3 aromatic carbocycles. The zero-order valence-electron chi connectivity index (χ0n) is 17.4. The second-order valence-electron chi connectivity index (χ2n) is 7.36. The number of carbonyl (C=O) groups is 2. The first-order valence-corrected chi connectivity index (χ1v) is 10.3. The lowest BCUT2D eigenvalue weighted by Crippen LogP contribution is -2.43. The van der Waals surface area contributed by atoms with Gasteiger partial charge in [0.1, 0.15) is 11.5 Å². The standard InChI is InChI=1S/C28H22O4/c29-26(31-24-12-6-2-7-13-24)28(27(30)32-25-14-8-3-9-15-25)20-18-23(19-21-28)17-16-22-10-4-1-5-11-22/h1-20H,21H2/b17-16+. The largest absolute Gasteiger partial charge is 0.425 e. The van der Waals surface area contributed by atoms with E-state index in [4.69, 9.17) is 9.47 Å². The van der Waals surface area contributed by atoms with Crippen LogP contribution >= 0.6 is 0 Å². The lowest BCUT2D eigenvalue weighted by molar-refractivity contribution is -0.157. The van der Waals surface area contributed by atoms with Crippen LogP contribution in [0.5, 0.6) is 11.5 Å². The summed E-state index contributed by atoms with van der Waals surface area (Å²) in [6.07, 6.45) is 9.23. The van der Waals surface area contributed by atoms with E-state index in [1.807, 2.05) is 60.7 Å². The molecular weight excluding hydrogens is 400 g/mol. The van der Waals surface area contributed by atoms with Crippen LogP contribution in [0, 0.1) is 5.41 Å². The fourth-order valence-electron chi connectivity index (χ4n) is 3.29. The normalized spacial score (nSPS) is 14.6. The second kappa shape index (κ2) is 9.75. The van der Waals surface area contributed by atoms with Crippen molar-refractivity contribution in [1.82, 2.24) is 0 Å². The van der Waals surface area contributed by atoms with Crippen LogP contribution in [0.1, 0.15) is 12.0 Å². The van der Waals surface area contributed by atoms with Crippen molar-refractivity contribution in [3.63, 3.8) is 0 Å². The lowest BCUT2D eigenvalue weighted by Gasteiger charge is -2.27. The van der Waals surface area contributed by atoms with Gasteiger partial charge in [0.2, 0.25) is 0 Å². The van der Waals surface area contributed by atoms with Gasteiger partial charge in [0, 0.05) is 0 Å². The molecule has 0 unspecified atom stereocenters. The summed E-state index contributed by atoms with van der Waals surface area (Å²) in [5.74, 6) is -0.612. The van der Waals surface area contributed by atoms with Crippen molar-refractivity contribution in [2.45, 2.75) is 6.42 Å². The molecule has 0 bridgehead atoms. The van der Waals surface area contributed by atoms with Gasteiger partial charge < -0.3 is 9.47 Å². The van der Waals surface area contributed by atoms with Crippen LogP contribution in [0.25, 0.3) is 6.08 Å². The van der Waals surface area contributed by atoms with Crippen molar-refractivity contribution < 1.29 is 19.1 Å². The Morgan fingerprint density at radius 3 is 1.66 bits per heavy atom. The number of ether oxygens (including phenoxy) is 2. The van der Waals surface area contributed by atoms with Gasteiger partial charge in [-0.15, -0.1) is 0 Å². The number of rotatable bonds is 6. The number of esters is 2. The summed E-state index contributed by atoms with van der Waals surface area (Å²) in [6, 6.07) is 27.3. The van der Waals surface area contributed by atoms with Gasteiger partial charge in [0.15, 0.2) is 5.41 Å². The van der Waals surface area contributed by atoms with Crippen LogP contribution in [-0.4, -0.2) is 11.9 Å². The monoisotopic (exact) mass is 422 g/mol. The molecule has 32 heavy (non-hydrogen) atoms. The zero-order valence-corrected chi connectivity index (χ0v) is 17.4. The number of allylic oxidation sites excluding steroid dienone is 4. The number of hydrogen-bond acceptors (Lipinski definition) is 4. The predicted molar refractivity (Wildman–Crippen MR) is 124 cm³/mol. The summed E-state index contributed by atoms with van der Waals surface area (Å²) in [5.41, 5.74) is 0.380. The summed E-state index contributed by atoms with van der Waals surface area (Å²) >= 11 is 0. The molecular formula is C28H22O4. The molecule has 0 fully saturated rings. The van der Waals surface area contributed by atoms with Crippen LogP contribution in [0.4, 0.5) is 0 Å². The molecule has 158 valence electrons. The molecule has 0 saturated heterocycles. The van der Waals surface area contributed by atoms with Gasteiger partial charge in [0.25, 0.3) is 0 Å². The highest BCUT2D eigenvalue weighted by atomic mass is 16.6. The molecule has 0 aromatic heterocycles. The molecule has 4 rings (SSSR count). The molecule has 4 heteroatoms. The Bertz CT molecular complexity index is 1110. The van der Waals surface area contributed by atoms with Crippen LogP contribution in [-0.2, 0) is 9.59 Å². The van der Waals surface area contributed by atoms with E-state index in [1.54, 1.807) is 60.7 Å². The maximum atomic E-state index is 13.2. The van der Waals surface area contributed by atoms with E-state index in [2.05, 4.69) is 0 Å². The maximum Gasteiger partial charge on any atom is 0.333 e. The number of benzene rings is 3. The summed E-state index contributed by atoms with van der Waals surface area (Å²) < 4.78 is 11.1. The molecule has 0 saturated carbocycles. The second-order valence-corrected chi connectivity index (χ2v) is 7.36. The molecule has 1 aliphatic carbocycles. The molecule has 0 atom stereocenters. The van der Waals surface area contributed by atoms with Gasteiger partial charge in [-0.05, 0) is 41.8 Å². The third-order valence-corrected chi connectivity index (χ3v) is 5.12. The molecule has 0 aliphatic heterocycles. The first kappa shape index (κ1) is 21.1. The van der Waals surface area contributed by atoms with Gasteiger partial charge in [-0.25, -0.2) is 0 Å². The Hall–Kier alpha value is -4.18. The first-order chi connectivity index (χ1) is 15.7. The van der Waals surface area contributed by atoms with E-state index in [1.165, 1.54) is 0 Å². The number of hydrogen-bond donors (Lipinski definition) is 0.